The molecule has 0 fully saturated rings. The molecule has 9 heteroatoms. The smallest absolute Gasteiger partial charge is 0.274 e. The summed E-state index contributed by atoms with van der Waals surface area (Å²) in [6.45, 7) is 0.165. The van der Waals surface area contributed by atoms with E-state index in [9.17, 15) is 22.8 Å². The second kappa shape index (κ2) is 8.30. The fourth-order valence-corrected chi connectivity index (χ4v) is 2.26. The maximum absolute atomic E-state index is 13.7. The van der Waals surface area contributed by atoms with Gasteiger partial charge in [0, 0.05) is 6.20 Å². The first kappa shape index (κ1) is 19.0. The Morgan fingerprint density at radius 2 is 1.61 bits per heavy atom. The lowest BCUT2D eigenvalue weighted by atomic mass is 10.2. The van der Waals surface area contributed by atoms with Crippen LogP contribution in [0.5, 0.6) is 0 Å². The minimum Gasteiger partial charge on any atom is -0.345 e. The molecule has 2 N–H and O–H groups in total. The first-order valence-corrected chi connectivity index (χ1v) is 8.05. The lowest BCUT2D eigenvalue weighted by Gasteiger charge is -2.08. The second-order valence-electron chi connectivity index (χ2n) is 5.59. The van der Waals surface area contributed by atoms with Crippen molar-refractivity contribution in [2.75, 3.05) is 5.32 Å². The van der Waals surface area contributed by atoms with Crippen molar-refractivity contribution in [3.8, 4) is 0 Å². The molecule has 3 rings (SSSR count). The summed E-state index contributed by atoms with van der Waals surface area (Å²) in [7, 11) is 0. The fourth-order valence-electron chi connectivity index (χ4n) is 2.26. The maximum atomic E-state index is 13.7. The van der Waals surface area contributed by atoms with Crippen LogP contribution < -0.4 is 10.6 Å². The number of pyridine rings is 2. The van der Waals surface area contributed by atoms with Gasteiger partial charge < -0.3 is 10.6 Å². The highest BCUT2D eigenvalue weighted by molar-refractivity contribution is 6.03. The molecular weight excluding hydrogens is 373 g/mol. The first-order chi connectivity index (χ1) is 13.5. The average Bonchev–Trinajstić information content (AvgIpc) is 2.73. The predicted octanol–water partition coefficient (Wildman–Crippen LogP) is 3.08. The summed E-state index contributed by atoms with van der Waals surface area (Å²) in [6.07, 6.45) is 1.59. The molecule has 2 amide bonds. The van der Waals surface area contributed by atoms with Crippen molar-refractivity contribution in [2.24, 2.45) is 0 Å². The van der Waals surface area contributed by atoms with E-state index in [-0.39, 0.29) is 17.9 Å². The number of nitrogens with zero attached hydrogens (tertiary/aromatic N) is 2. The molecule has 0 aliphatic heterocycles. The molecule has 0 unspecified atom stereocenters. The summed E-state index contributed by atoms with van der Waals surface area (Å²) in [5.41, 5.74) is -0.154. The van der Waals surface area contributed by atoms with Crippen LogP contribution in [0.4, 0.5) is 18.9 Å². The molecule has 142 valence electrons. The summed E-state index contributed by atoms with van der Waals surface area (Å²) in [5, 5.41) is 4.70. The molecule has 2 heterocycles. The molecule has 0 saturated heterocycles. The van der Waals surface area contributed by atoms with Gasteiger partial charge in [-0.15, -0.1) is 0 Å². The van der Waals surface area contributed by atoms with E-state index in [0.717, 1.165) is 6.07 Å². The van der Waals surface area contributed by atoms with E-state index in [2.05, 4.69) is 20.6 Å². The summed E-state index contributed by atoms with van der Waals surface area (Å²) < 4.78 is 39.9. The van der Waals surface area contributed by atoms with E-state index in [4.69, 9.17) is 0 Å². The summed E-state index contributed by atoms with van der Waals surface area (Å²) in [4.78, 5) is 32.4. The third-order valence-corrected chi connectivity index (χ3v) is 3.65. The van der Waals surface area contributed by atoms with Gasteiger partial charge in [0.25, 0.3) is 11.8 Å². The summed E-state index contributed by atoms with van der Waals surface area (Å²) >= 11 is 0. The van der Waals surface area contributed by atoms with E-state index in [1.54, 1.807) is 24.4 Å². The van der Waals surface area contributed by atoms with Gasteiger partial charge in [0.15, 0.2) is 17.5 Å². The van der Waals surface area contributed by atoms with Crippen LogP contribution >= 0.6 is 0 Å². The number of nitrogens with one attached hydrogen (secondary N) is 2. The SMILES string of the molecule is O=C(NCc1ccccn1)c1cccc(C(=O)Nc2ccc(F)c(F)c2F)n1. The van der Waals surface area contributed by atoms with Gasteiger partial charge in [-0.25, -0.2) is 18.2 Å². The van der Waals surface area contributed by atoms with Crippen LogP contribution in [0.25, 0.3) is 0 Å². The minimum atomic E-state index is -1.70. The van der Waals surface area contributed by atoms with Crippen molar-refractivity contribution >= 4 is 17.5 Å². The molecule has 0 radical (unpaired) electrons. The van der Waals surface area contributed by atoms with E-state index in [0.29, 0.717) is 11.8 Å². The minimum absolute atomic E-state index is 0.0469. The number of hydrogen-bond acceptors (Lipinski definition) is 4. The quantitative estimate of drug-likeness (QED) is 0.660. The van der Waals surface area contributed by atoms with Crippen molar-refractivity contribution in [3.05, 3.63) is 89.3 Å². The Bertz CT molecular complexity index is 1030. The predicted molar refractivity (Wildman–Crippen MR) is 93.9 cm³/mol. The van der Waals surface area contributed by atoms with Crippen LogP contribution in [0.3, 0.4) is 0 Å². The molecule has 0 atom stereocenters. The number of aromatic nitrogens is 2. The Labute approximate surface area is 157 Å². The van der Waals surface area contributed by atoms with Gasteiger partial charge >= 0.3 is 0 Å². The Morgan fingerprint density at radius 3 is 2.32 bits per heavy atom. The zero-order valence-electron chi connectivity index (χ0n) is 14.2. The molecule has 0 aliphatic rings. The van der Waals surface area contributed by atoms with Gasteiger partial charge in [-0.3, -0.25) is 14.6 Å². The van der Waals surface area contributed by atoms with Gasteiger partial charge in [0.2, 0.25) is 0 Å². The second-order valence-corrected chi connectivity index (χ2v) is 5.59. The van der Waals surface area contributed by atoms with Crippen LogP contribution in [-0.4, -0.2) is 21.8 Å². The summed E-state index contributed by atoms with van der Waals surface area (Å²) in [6, 6.07) is 10.9. The number of carbonyl (C=O) groups is 2. The third-order valence-electron chi connectivity index (χ3n) is 3.65. The van der Waals surface area contributed by atoms with E-state index in [1.165, 1.54) is 18.2 Å². The largest absolute Gasteiger partial charge is 0.345 e. The van der Waals surface area contributed by atoms with Crippen molar-refractivity contribution in [1.82, 2.24) is 15.3 Å². The van der Waals surface area contributed by atoms with Gasteiger partial charge in [0.05, 0.1) is 17.9 Å². The zero-order valence-corrected chi connectivity index (χ0v) is 14.2. The number of hydrogen-bond donors (Lipinski definition) is 2. The molecule has 6 nitrogen and oxygen atoms in total. The molecule has 0 saturated carbocycles. The Kier molecular flexibility index (Phi) is 5.64. The molecule has 28 heavy (non-hydrogen) atoms. The molecule has 2 aromatic heterocycles. The normalized spacial score (nSPS) is 10.4. The number of anilines is 1. The van der Waals surface area contributed by atoms with Gasteiger partial charge in [0.1, 0.15) is 11.4 Å². The van der Waals surface area contributed by atoms with Crippen LogP contribution in [0.15, 0.2) is 54.7 Å². The average molecular weight is 386 g/mol. The molecule has 3 aromatic rings. The first-order valence-electron chi connectivity index (χ1n) is 8.05. The van der Waals surface area contributed by atoms with Crippen molar-refractivity contribution < 1.29 is 22.8 Å². The number of rotatable bonds is 5. The number of amides is 2. The number of halogens is 3. The van der Waals surface area contributed by atoms with Crippen LogP contribution in [-0.2, 0) is 6.54 Å². The van der Waals surface area contributed by atoms with Crippen LogP contribution in [0, 0.1) is 17.5 Å². The monoisotopic (exact) mass is 386 g/mol. The molecule has 0 aliphatic carbocycles. The van der Waals surface area contributed by atoms with Gasteiger partial charge in [-0.2, -0.15) is 0 Å². The van der Waals surface area contributed by atoms with Gasteiger partial charge in [-0.1, -0.05) is 12.1 Å². The highest BCUT2D eigenvalue weighted by atomic mass is 19.2. The van der Waals surface area contributed by atoms with E-state index < -0.39 is 35.0 Å². The number of carbonyl (C=O) groups excluding carboxylic acids is 2. The third kappa shape index (κ3) is 4.32. The Balaban J connectivity index is 1.71. The molecule has 0 spiro atoms. The highest BCUT2D eigenvalue weighted by Gasteiger charge is 2.17. The van der Waals surface area contributed by atoms with Gasteiger partial charge in [-0.05, 0) is 36.4 Å². The van der Waals surface area contributed by atoms with Crippen molar-refractivity contribution in [1.29, 1.82) is 0 Å². The maximum Gasteiger partial charge on any atom is 0.274 e. The Morgan fingerprint density at radius 1 is 0.857 bits per heavy atom. The molecular formula is C19H13F3N4O2. The lowest BCUT2D eigenvalue weighted by molar-refractivity contribution is 0.0945. The highest BCUT2D eigenvalue weighted by Crippen LogP contribution is 2.20. The van der Waals surface area contributed by atoms with Crippen LogP contribution in [0.1, 0.15) is 26.7 Å². The lowest BCUT2D eigenvalue weighted by Crippen LogP contribution is -2.25. The van der Waals surface area contributed by atoms with E-state index >= 15 is 0 Å². The zero-order chi connectivity index (χ0) is 20.1. The number of benzene rings is 1. The van der Waals surface area contributed by atoms with Crippen LogP contribution in [0.2, 0.25) is 0 Å². The standard InChI is InChI=1S/C19H13F3N4O2/c20-12-7-8-13(17(22)16(12)21)26-19(28)15-6-3-5-14(25-15)18(27)24-10-11-4-1-2-9-23-11/h1-9H,10H2,(H,24,27)(H,26,28). The van der Waals surface area contributed by atoms with Crippen molar-refractivity contribution in [3.63, 3.8) is 0 Å². The Hall–Kier alpha value is -3.75. The fraction of sp³-hybridized carbons (Fsp3) is 0.0526. The summed E-state index contributed by atoms with van der Waals surface area (Å²) in [5.74, 6) is -6.03. The molecule has 0 bridgehead atoms. The van der Waals surface area contributed by atoms with Crippen molar-refractivity contribution in [2.45, 2.75) is 6.54 Å². The molecule has 1 aromatic carbocycles. The topological polar surface area (TPSA) is 84.0 Å². The van der Waals surface area contributed by atoms with E-state index in [1.807, 2.05) is 0 Å².